The van der Waals surface area contributed by atoms with Gasteiger partial charge < -0.3 is 10.1 Å². The molecule has 1 N–H and O–H groups in total. The topological polar surface area (TPSA) is 38.3 Å². The zero-order valence-electron chi connectivity index (χ0n) is 10.5. The van der Waals surface area contributed by atoms with Crippen molar-refractivity contribution in [3.63, 3.8) is 0 Å². The van der Waals surface area contributed by atoms with E-state index < -0.39 is 0 Å². The number of hydrogen-bond donors (Lipinski definition) is 1. The highest BCUT2D eigenvalue weighted by Crippen LogP contribution is 2.48. The summed E-state index contributed by atoms with van der Waals surface area (Å²) in [6, 6.07) is 7.25. The summed E-state index contributed by atoms with van der Waals surface area (Å²) in [5, 5.41) is 2.98. The molecule has 1 amide bonds. The van der Waals surface area contributed by atoms with Crippen LogP contribution in [0.1, 0.15) is 29.6 Å². The Morgan fingerprint density at radius 1 is 1.44 bits per heavy atom. The molecule has 1 saturated carbocycles. The molecular weight excluding hydrogens is 250 g/mol. The van der Waals surface area contributed by atoms with Gasteiger partial charge in [0.2, 0.25) is 0 Å². The Labute approximate surface area is 112 Å². The van der Waals surface area contributed by atoms with Crippen molar-refractivity contribution >= 4 is 17.5 Å². The van der Waals surface area contributed by atoms with Crippen LogP contribution in [0.5, 0.6) is 5.75 Å². The van der Waals surface area contributed by atoms with E-state index in [-0.39, 0.29) is 11.3 Å². The maximum atomic E-state index is 12.1. The normalized spacial score (nSPS) is 16.1. The van der Waals surface area contributed by atoms with Crippen molar-refractivity contribution in [3.05, 3.63) is 29.8 Å². The fourth-order valence-corrected chi connectivity index (χ4v) is 2.49. The summed E-state index contributed by atoms with van der Waals surface area (Å²) >= 11 is 5.77. The molecule has 4 heteroatoms. The van der Waals surface area contributed by atoms with E-state index in [1.807, 2.05) is 12.1 Å². The molecule has 0 aliphatic heterocycles. The Morgan fingerprint density at radius 2 is 2.17 bits per heavy atom. The second-order valence-electron chi connectivity index (χ2n) is 4.82. The Hall–Kier alpha value is -1.22. The van der Waals surface area contributed by atoms with Gasteiger partial charge in [0, 0.05) is 12.4 Å². The van der Waals surface area contributed by atoms with Gasteiger partial charge in [-0.25, -0.2) is 0 Å². The van der Waals surface area contributed by atoms with Gasteiger partial charge in [0.25, 0.3) is 5.91 Å². The van der Waals surface area contributed by atoms with Crippen molar-refractivity contribution in [3.8, 4) is 5.75 Å². The molecule has 1 aromatic rings. The van der Waals surface area contributed by atoms with Crippen LogP contribution in [-0.4, -0.2) is 25.4 Å². The molecule has 98 valence electrons. The summed E-state index contributed by atoms with van der Waals surface area (Å²) in [5.74, 6) is 1.19. The van der Waals surface area contributed by atoms with Crippen molar-refractivity contribution in [1.29, 1.82) is 0 Å². The molecule has 0 unspecified atom stereocenters. The van der Waals surface area contributed by atoms with E-state index in [1.54, 1.807) is 19.2 Å². The second kappa shape index (κ2) is 5.61. The number of nitrogens with one attached hydrogen (secondary N) is 1. The zero-order chi connectivity index (χ0) is 13.0. The lowest BCUT2D eigenvalue weighted by atomic mass is 10.0. The molecule has 0 atom stereocenters. The van der Waals surface area contributed by atoms with Crippen molar-refractivity contribution in [2.24, 2.45) is 5.41 Å². The van der Waals surface area contributed by atoms with E-state index in [0.29, 0.717) is 23.7 Å². The summed E-state index contributed by atoms with van der Waals surface area (Å²) in [6.07, 6.45) is 3.29. The van der Waals surface area contributed by atoms with Gasteiger partial charge >= 0.3 is 0 Å². The number of para-hydroxylation sites is 1. The molecule has 0 radical (unpaired) electrons. The van der Waals surface area contributed by atoms with E-state index >= 15 is 0 Å². The molecule has 3 nitrogen and oxygen atoms in total. The van der Waals surface area contributed by atoms with Crippen LogP contribution in [0.15, 0.2) is 24.3 Å². The average molecular weight is 268 g/mol. The highest BCUT2D eigenvalue weighted by atomic mass is 35.5. The number of rotatable bonds is 6. The third-order valence-corrected chi connectivity index (χ3v) is 3.75. The van der Waals surface area contributed by atoms with Crippen LogP contribution in [0.4, 0.5) is 0 Å². The summed E-state index contributed by atoms with van der Waals surface area (Å²) in [6.45, 7) is 0.705. The van der Waals surface area contributed by atoms with Crippen LogP contribution in [0, 0.1) is 5.41 Å². The lowest BCUT2D eigenvalue weighted by Crippen LogP contribution is -2.30. The Morgan fingerprint density at radius 3 is 2.78 bits per heavy atom. The number of amides is 1. The summed E-state index contributed by atoms with van der Waals surface area (Å²) in [5.41, 5.74) is 0.834. The maximum absolute atomic E-state index is 12.1. The van der Waals surface area contributed by atoms with Crippen LogP contribution in [0.3, 0.4) is 0 Å². The molecule has 0 aromatic heterocycles. The van der Waals surface area contributed by atoms with Crippen LogP contribution >= 0.6 is 11.6 Å². The Bertz CT molecular complexity index is 430. The predicted molar refractivity (Wildman–Crippen MR) is 72.3 cm³/mol. The van der Waals surface area contributed by atoms with Crippen LogP contribution in [0.2, 0.25) is 0 Å². The molecule has 18 heavy (non-hydrogen) atoms. The van der Waals surface area contributed by atoms with Gasteiger partial charge in [0.1, 0.15) is 5.75 Å². The van der Waals surface area contributed by atoms with E-state index in [0.717, 1.165) is 19.3 Å². The fourth-order valence-electron chi connectivity index (χ4n) is 2.09. The van der Waals surface area contributed by atoms with Gasteiger partial charge in [0.15, 0.2) is 0 Å². The molecule has 0 spiro atoms. The first kappa shape index (κ1) is 13.2. The first-order valence-electron chi connectivity index (χ1n) is 6.18. The molecule has 1 aliphatic carbocycles. The third kappa shape index (κ3) is 2.96. The van der Waals surface area contributed by atoms with Crippen molar-refractivity contribution in [2.45, 2.75) is 19.3 Å². The summed E-state index contributed by atoms with van der Waals surface area (Å²) < 4.78 is 5.18. The Balaban J connectivity index is 1.96. The lowest BCUT2D eigenvalue weighted by Gasteiger charge is -2.15. The molecule has 1 aromatic carbocycles. The van der Waals surface area contributed by atoms with Gasteiger partial charge in [-0.15, -0.1) is 11.6 Å². The third-order valence-electron chi connectivity index (χ3n) is 3.56. The first-order valence-corrected chi connectivity index (χ1v) is 6.71. The maximum Gasteiger partial charge on any atom is 0.255 e. The van der Waals surface area contributed by atoms with Crippen molar-refractivity contribution < 1.29 is 9.53 Å². The van der Waals surface area contributed by atoms with Crippen LogP contribution < -0.4 is 10.1 Å². The standard InChI is InChI=1S/C14H18ClNO2/c1-18-12-5-3-2-4-11(12)13(17)16-10-14(6-7-14)8-9-15/h2-5H,6-10H2,1H3,(H,16,17). The van der Waals surface area contributed by atoms with Gasteiger partial charge in [-0.3, -0.25) is 4.79 Å². The molecule has 0 saturated heterocycles. The van der Waals surface area contributed by atoms with E-state index in [9.17, 15) is 4.79 Å². The zero-order valence-corrected chi connectivity index (χ0v) is 11.3. The number of hydrogen-bond acceptors (Lipinski definition) is 2. The number of alkyl halides is 1. The minimum absolute atomic E-state index is 0.0757. The Kier molecular flexibility index (Phi) is 4.12. The van der Waals surface area contributed by atoms with Crippen LogP contribution in [-0.2, 0) is 0 Å². The van der Waals surface area contributed by atoms with Crippen LogP contribution in [0.25, 0.3) is 0 Å². The molecule has 1 fully saturated rings. The number of ether oxygens (including phenoxy) is 1. The van der Waals surface area contributed by atoms with Crippen molar-refractivity contribution in [2.75, 3.05) is 19.5 Å². The van der Waals surface area contributed by atoms with E-state index in [2.05, 4.69) is 5.32 Å². The minimum atomic E-state index is -0.0757. The smallest absolute Gasteiger partial charge is 0.255 e. The first-order chi connectivity index (χ1) is 8.71. The summed E-state index contributed by atoms with van der Waals surface area (Å²) in [7, 11) is 1.57. The number of carbonyl (C=O) groups is 1. The number of carbonyl (C=O) groups excluding carboxylic acids is 1. The number of halogens is 1. The monoisotopic (exact) mass is 267 g/mol. The fraction of sp³-hybridized carbons (Fsp3) is 0.500. The molecular formula is C14H18ClNO2. The largest absolute Gasteiger partial charge is 0.496 e. The molecule has 0 bridgehead atoms. The minimum Gasteiger partial charge on any atom is -0.496 e. The highest BCUT2D eigenvalue weighted by Gasteiger charge is 2.41. The van der Waals surface area contributed by atoms with Gasteiger partial charge in [-0.05, 0) is 36.8 Å². The molecule has 0 heterocycles. The van der Waals surface area contributed by atoms with Gasteiger partial charge in [-0.1, -0.05) is 12.1 Å². The quantitative estimate of drug-likeness (QED) is 0.805. The second-order valence-corrected chi connectivity index (χ2v) is 5.20. The lowest BCUT2D eigenvalue weighted by molar-refractivity contribution is 0.0941. The average Bonchev–Trinajstić information content (AvgIpc) is 3.16. The molecule has 2 rings (SSSR count). The predicted octanol–water partition coefficient (Wildman–Crippen LogP) is 2.83. The van der Waals surface area contributed by atoms with Gasteiger partial charge in [-0.2, -0.15) is 0 Å². The van der Waals surface area contributed by atoms with Gasteiger partial charge in [0.05, 0.1) is 12.7 Å². The highest BCUT2D eigenvalue weighted by molar-refractivity contribution is 6.17. The van der Waals surface area contributed by atoms with Crippen molar-refractivity contribution in [1.82, 2.24) is 5.32 Å². The van der Waals surface area contributed by atoms with E-state index in [1.165, 1.54) is 0 Å². The summed E-state index contributed by atoms with van der Waals surface area (Å²) in [4.78, 5) is 12.1. The van der Waals surface area contributed by atoms with E-state index in [4.69, 9.17) is 16.3 Å². The number of benzene rings is 1. The number of methoxy groups -OCH3 is 1. The molecule has 1 aliphatic rings. The SMILES string of the molecule is COc1ccccc1C(=O)NCC1(CCCl)CC1.